The predicted octanol–water partition coefficient (Wildman–Crippen LogP) is 4.61. The number of halogens is 1. The first-order valence-corrected chi connectivity index (χ1v) is 7.27. The minimum absolute atomic E-state index is 0.448. The van der Waals surface area contributed by atoms with Gasteiger partial charge in [-0.05, 0) is 67.0 Å². The van der Waals surface area contributed by atoms with E-state index in [2.05, 4.69) is 73.5 Å². The standard InChI is InChI=1S/C15H22IN/c1-5-17-14(10-9-11(2)3)13-8-6-7-12(4)15(13)16/h6-8,14,17H,2,5,9-10H2,1,3-4H3. The van der Waals surface area contributed by atoms with Crippen LogP contribution in [0.5, 0.6) is 0 Å². The number of hydrogen-bond acceptors (Lipinski definition) is 1. The molecule has 1 rings (SSSR count). The van der Waals surface area contributed by atoms with E-state index in [1.807, 2.05) is 0 Å². The van der Waals surface area contributed by atoms with Gasteiger partial charge in [-0.1, -0.05) is 30.7 Å². The van der Waals surface area contributed by atoms with E-state index in [1.165, 1.54) is 20.3 Å². The van der Waals surface area contributed by atoms with Crippen molar-refractivity contribution in [2.75, 3.05) is 6.54 Å². The van der Waals surface area contributed by atoms with Crippen molar-refractivity contribution in [3.63, 3.8) is 0 Å². The van der Waals surface area contributed by atoms with Gasteiger partial charge in [0.1, 0.15) is 0 Å². The van der Waals surface area contributed by atoms with Crippen LogP contribution in [0, 0.1) is 10.5 Å². The van der Waals surface area contributed by atoms with Crippen LogP contribution in [0.15, 0.2) is 30.4 Å². The van der Waals surface area contributed by atoms with Crippen LogP contribution in [0.4, 0.5) is 0 Å². The molecular formula is C15H22IN. The molecule has 94 valence electrons. The molecule has 0 aliphatic carbocycles. The number of hydrogen-bond donors (Lipinski definition) is 1. The summed E-state index contributed by atoms with van der Waals surface area (Å²) in [6.07, 6.45) is 2.21. The van der Waals surface area contributed by atoms with Gasteiger partial charge in [-0.3, -0.25) is 0 Å². The van der Waals surface area contributed by atoms with Gasteiger partial charge < -0.3 is 5.32 Å². The highest BCUT2D eigenvalue weighted by Gasteiger charge is 2.13. The Morgan fingerprint density at radius 1 is 1.47 bits per heavy atom. The van der Waals surface area contributed by atoms with Gasteiger partial charge in [0.2, 0.25) is 0 Å². The van der Waals surface area contributed by atoms with Crippen molar-refractivity contribution in [1.82, 2.24) is 5.32 Å². The molecule has 1 aromatic carbocycles. The number of nitrogens with one attached hydrogen (secondary N) is 1. The van der Waals surface area contributed by atoms with Crippen LogP contribution >= 0.6 is 22.6 Å². The van der Waals surface area contributed by atoms with E-state index in [-0.39, 0.29) is 0 Å². The van der Waals surface area contributed by atoms with Crippen LogP contribution in [-0.4, -0.2) is 6.54 Å². The zero-order chi connectivity index (χ0) is 12.8. The lowest BCUT2D eigenvalue weighted by molar-refractivity contribution is 0.512. The highest BCUT2D eigenvalue weighted by Crippen LogP contribution is 2.26. The van der Waals surface area contributed by atoms with E-state index in [4.69, 9.17) is 0 Å². The van der Waals surface area contributed by atoms with Crippen molar-refractivity contribution < 1.29 is 0 Å². The van der Waals surface area contributed by atoms with Gasteiger partial charge in [0.25, 0.3) is 0 Å². The van der Waals surface area contributed by atoms with Gasteiger partial charge >= 0.3 is 0 Å². The van der Waals surface area contributed by atoms with Gasteiger partial charge in [0.15, 0.2) is 0 Å². The van der Waals surface area contributed by atoms with Crippen molar-refractivity contribution in [1.29, 1.82) is 0 Å². The average molecular weight is 343 g/mol. The largest absolute Gasteiger partial charge is 0.310 e. The lowest BCUT2D eigenvalue weighted by Crippen LogP contribution is -2.22. The Labute approximate surface area is 119 Å². The van der Waals surface area contributed by atoms with Gasteiger partial charge in [-0.2, -0.15) is 0 Å². The van der Waals surface area contributed by atoms with E-state index in [0.29, 0.717) is 6.04 Å². The normalized spacial score (nSPS) is 12.5. The van der Waals surface area contributed by atoms with Crippen LogP contribution in [-0.2, 0) is 0 Å². The van der Waals surface area contributed by atoms with E-state index < -0.39 is 0 Å². The maximum atomic E-state index is 3.99. The van der Waals surface area contributed by atoms with Crippen molar-refractivity contribution in [3.8, 4) is 0 Å². The Morgan fingerprint density at radius 2 is 2.18 bits per heavy atom. The monoisotopic (exact) mass is 343 g/mol. The smallest absolute Gasteiger partial charge is 0.0333 e. The first-order valence-electron chi connectivity index (χ1n) is 6.19. The van der Waals surface area contributed by atoms with Crippen LogP contribution in [0.3, 0.4) is 0 Å². The Balaban J connectivity index is 2.88. The summed E-state index contributed by atoms with van der Waals surface area (Å²) in [4.78, 5) is 0. The molecule has 0 bridgehead atoms. The number of benzene rings is 1. The zero-order valence-corrected chi connectivity index (χ0v) is 13.2. The van der Waals surface area contributed by atoms with Crippen molar-refractivity contribution in [3.05, 3.63) is 45.0 Å². The highest BCUT2D eigenvalue weighted by molar-refractivity contribution is 14.1. The van der Waals surface area contributed by atoms with Crippen molar-refractivity contribution >= 4 is 22.6 Å². The third-order valence-electron chi connectivity index (χ3n) is 2.91. The van der Waals surface area contributed by atoms with E-state index >= 15 is 0 Å². The molecule has 0 radical (unpaired) electrons. The number of allylic oxidation sites excluding steroid dienone is 1. The molecule has 1 unspecified atom stereocenters. The molecule has 0 aliphatic heterocycles. The topological polar surface area (TPSA) is 12.0 Å². The van der Waals surface area contributed by atoms with Gasteiger partial charge in [-0.25, -0.2) is 0 Å². The minimum atomic E-state index is 0.448. The van der Waals surface area contributed by atoms with E-state index in [1.54, 1.807) is 0 Å². The molecule has 1 aromatic rings. The first-order chi connectivity index (χ1) is 8.06. The minimum Gasteiger partial charge on any atom is -0.310 e. The highest BCUT2D eigenvalue weighted by atomic mass is 127. The third kappa shape index (κ3) is 4.43. The molecule has 0 spiro atoms. The summed E-state index contributed by atoms with van der Waals surface area (Å²) in [6, 6.07) is 7.01. The van der Waals surface area contributed by atoms with Crippen molar-refractivity contribution in [2.45, 2.75) is 39.7 Å². The fourth-order valence-electron chi connectivity index (χ4n) is 1.94. The first kappa shape index (κ1) is 14.7. The maximum Gasteiger partial charge on any atom is 0.0333 e. The second-order valence-corrected chi connectivity index (χ2v) is 5.66. The number of aryl methyl sites for hydroxylation is 1. The molecule has 17 heavy (non-hydrogen) atoms. The lowest BCUT2D eigenvalue weighted by Gasteiger charge is -2.20. The lowest BCUT2D eigenvalue weighted by atomic mass is 9.98. The average Bonchev–Trinajstić information content (AvgIpc) is 2.28. The summed E-state index contributed by atoms with van der Waals surface area (Å²) < 4.78 is 1.39. The Kier molecular flexibility index (Phi) is 6.20. The molecule has 0 saturated carbocycles. The second kappa shape index (κ2) is 7.17. The molecule has 0 saturated heterocycles. The summed E-state index contributed by atoms with van der Waals surface area (Å²) in [7, 11) is 0. The molecular weight excluding hydrogens is 321 g/mol. The fraction of sp³-hybridized carbons (Fsp3) is 0.467. The van der Waals surface area contributed by atoms with E-state index in [0.717, 1.165) is 19.4 Å². The van der Waals surface area contributed by atoms with Crippen LogP contribution in [0.2, 0.25) is 0 Å². The zero-order valence-electron chi connectivity index (χ0n) is 11.0. The van der Waals surface area contributed by atoms with Crippen LogP contribution in [0.1, 0.15) is 43.9 Å². The summed E-state index contributed by atoms with van der Waals surface area (Å²) in [5, 5.41) is 3.58. The van der Waals surface area contributed by atoms with E-state index in [9.17, 15) is 0 Å². The Morgan fingerprint density at radius 3 is 2.76 bits per heavy atom. The summed E-state index contributed by atoms with van der Waals surface area (Å²) >= 11 is 2.45. The van der Waals surface area contributed by atoms with Crippen LogP contribution < -0.4 is 5.32 Å². The number of rotatable bonds is 6. The second-order valence-electron chi connectivity index (χ2n) is 4.58. The van der Waals surface area contributed by atoms with Crippen molar-refractivity contribution in [2.24, 2.45) is 0 Å². The Bertz CT molecular complexity index is 385. The van der Waals surface area contributed by atoms with Gasteiger partial charge in [0, 0.05) is 9.61 Å². The fourth-order valence-corrected chi connectivity index (χ4v) is 2.68. The molecule has 0 aliphatic rings. The van der Waals surface area contributed by atoms with Gasteiger partial charge in [-0.15, -0.1) is 6.58 Å². The third-order valence-corrected chi connectivity index (χ3v) is 4.38. The molecule has 0 heterocycles. The molecule has 1 N–H and O–H groups in total. The summed E-state index contributed by atoms with van der Waals surface area (Å²) in [5.74, 6) is 0. The molecule has 0 fully saturated rings. The Hall–Kier alpha value is -0.350. The molecule has 1 atom stereocenters. The van der Waals surface area contributed by atoms with Gasteiger partial charge in [0.05, 0.1) is 0 Å². The summed E-state index contributed by atoms with van der Waals surface area (Å²) in [6.45, 7) is 11.4. The maximum absolute atomic E-state index is 3.99. The predicted molar refractivity (Wildman–Crippen MR) is 84.4 cm³/mol. The SMILES string of the molecule is C=C(C)CCC(NCC)c1cccc(C)c1I. The molecule has 0 aromatic heterocycles. The molecule has 2 heteroatoms. The quantitative estimate of drug-likeness (QED) is 0.588. The summed E-state index contributed by atoms with van der Waals surface area (Å²) in [5.41, 5.74) is 4.05. The molecule has 0 amide bonds. The molecule has 1 nitrogen and oxygen atoms in total. The van der Waals surface area contributed by atoms with Crippen LogP contribution in [0.25, 0.3) is 0 Å².